The van der Waals surface area contributed by atoms with E-state index in [1.165, 1.54) is 11.8 Å². The van der Waals surface area contributed by atoms with Crippen molar-refractivity contribution >= 4 is 52.3 Å². The van der Waals surface area contributed by atoms with Crippen LogP contribution in [0, 0.1) is 13.8 Å². The van der Waals surface area contributed by atoms with Gasteiger partial charge >= 0.3 is 5.97 Å². The molecule has 1 amide bonds. The van der Waals surface area contributed by atoms with E-state index in [2.05, 4.69) is 10.3 Å². The summed E-state index contributed by atoms with van der Waals surface area (Å²) in [7, 11) is 0. The van der Waals surface area contributed by atoms with Crippen molar-refractivity contribution in [1.29, 1.82) is 0 Å². The van der Waals surface area contributed by atoms with Gasteiger partial charge in [-0.1, -0.05) is 29.8 Å². The molecule has 0 aliphatic carbocycles. The van der Waals surface area contributed by atoms with Gasteiger partial charge in [0.2, 0.25) is 0 Å². The number of carbonyl (C=O) groups excluding carboxylic acids is 2. The van der Waals surface area contributed by atoms with Crippen LogP contribution < -0.4 is 5.32 Å². The summed E-state index contributed by atoms with van der Waals surface area (Å²) in [6, 6.07) is 12.4. The summed E-state index contributed by atoms with van der Waals surface area (Å²) in [4.78, 5) is 29.8. The molecule has 3 rings (SSSR count). The van der Waals surface area contributed by atoms with Crippen LogP contribution in [0.25, 0.3) is 0 Å². The molecule has 150 valence electrons. The van der Waals surface area contributed by atoms with E-state index >= 15 is 0 Å². The number of rotatable bonds is 7. The zero-order valence-corrected chi connectivity index (χ0v) is 18.3. The first-order chi connectivity index (χ1) is 13.9. The zero-order chi connectivity index (χ0) is 20.8. The molecular formula is C21H19ClN2O3S2. The number of aromatic nitrogens is 1. The van der Waals surface area contributed by atoms with Crippen molar-refractivity contribution in [2.24, 2.45) is 0 Å². The fourth-order valence-electron chi connectivity index (χ4n) is 2.46. The molecule has 0 bridgehead atoms. The van der Waals surface area contributed by atoms with Gasteiger partial charge in [-0.05, 0) is 43.7 Å². The topological polar surface area (TPSA) is 68.3 Å². The molecule has 0 saturated heterocycles. The first-order valence-corrected chi connectivity index (χ1v) is 11.0. The van der Waals surface area contributed by atoms with Crippen molar-refractivity contribution in [3.05, 3.63) is 74.7 Å². The quantitative estimate of drug-likeness (QED) is 0.383. The maximum absolute atomic E-state index is 12.5. The summed E-state index contributed by atoms with van der Waals surface area (Å²) in [5.74, 6) is -0.315. The van der Waals surface area contributed by atoms with Gasteiger partial charge in [0.25, 0.3) is 5.91 Å². The van der Waals surface area contributed by atoms with Gasteiger partial charge in [0, 0.05) is 26.7 Å². The van der Waals surface area contributed by atoms with Gasteiger partial charge in [0.05, 0.1) is 16.3 Å². The number of hydrogen-bond acceptors (Lipinski definition) is 6. The van der Waals surface area contributed by atoms with E-state index in [1.54, 1.807) is 41.7 Å². The number of nitrogens with zero attached hydrogens (tertiary/aromatic N) is 1. The maximum atomic E-state index is 12.5. The van der Waals surface area contributed by atoms with Gasteiger partial charge < -0.3 is 10.1 Å². The zero-order valence-electron chi connectivity index (χ0n) is 15.9. The number of ether oxygens (including phenoxy) is 1. The van der Waals surface area contributed by atoms with Crippen LogP contribution in [-0.2, 0) is 15.3 Å². The Balaban J connectivity index is 1.57. The minimum Gasteiger partial charge on any atom is -0.452 e. The van der Waals surface area contributed by atoms with E-state index in [4.69, 9.17) is 16.3 Å². The van der Waals surface area contributed by atoms with E-state index < -0.39 is 11.9 Å². The third-order valence-corrected chi connectivity index (χ3v) is 6.28. The Morgan fingerprint density at radius 2 is 2.00 bits per heavy atom. The first-order valence-electron chi connectivity index (χ1n) is 8.78. The number of esters is 1. The highest BCUT2D eigenvalue weighted by Crippen LogP contribution is 2.27. The first kappa shape index (κ1) is 21.4. The number of thiazole rings is 1. The second-order valence-electron chi connectivity index (χ2n) is 6.23. The summed E-state index contributed by atoms with van der Waals surface area (Å²) in [5, 5.41) is 6.24. The summed E-state index contributed by atoms with van der Waals surface area (Å²) in [6.45, 7) is 3.45. The van der Waals surface area contributed by atoms with Crippen molar-refractivity contribution in [3.8, 4) is 0 Å². The average Bonchev–Trinajstić information content (AvgIpc) is 3.13. The summed E-state index contributed by atoms with van der Waals surface area (Å²) in [6.07, 6.45) is 0. The Bertz CT molecular complexity index is 1040. The number of thioether (sulfide) groups is 1. The fraction of sp³-hybridized carbons (Fsp3) is 0.190. The standard InChI is InChI=1S/C21H19ClN2O3S2/c1-13-7-8-15(9-18(13)22)24-20(25)10-27-21(26)17-5-3-4-6-19(17)29-12-16-11-28-14(2)23-16/h3-9,11H,10,12H2,1-2H3,(H,24,25). The smallest absolute Gasteiger partial charge is 0.339 e. The van der Waals surface area contributed by atoms with Gasteiger partial charge in [-0.25, -0.2) is 9.78 Å². The van der Waals surface area contributed by atoms with Crippen LogP contribution in [0.5, 0.6) is 0 Å². The Labute approximate surface area is 182 Å². The molecule has 0 saturated carbocycles. The van der Waals surface area contributed by atoms with Crippen LogP contribution in [0.4, 0.5) is 5.69 Å². The minimum absolute atomic E-state index is 0.380. The second-order valence-corrected chi connectivity index (χ2v) is 8.72. The van der Waals surface area contributed by atoms with Gasteiger partial charge in [-0.2, -0.15) is 0 Å². The third-order valence-electron chi connectivity index (χ3n) is 3.94. The molecule has 8 heteroatoms. The highest BCUT2D eigenvalue weighted by molar-refractivity contribution is 7.98. The number of benzene rings is 2. The lowest BCUT2D eigenvalue weighted by atomic mass is 10.2. The van der Waals surface area contributed by atoms with Gasteiger partial charge in [0.15, 0.2) is 6.61 Å². The minimum atomic E-state index is -0.542. The number of halogens is 1. The molecular weight excluding hydrogens is 428 g/mol. The summed E-state index contributed by atoms with van der Waals surface area (Å²) >= 11 is 9.16. The Kier molecular flexibility index (Phi) is 7.30. The van der Waals surface area contributed by atoms with Crippen molar-refractivity contribution < 1.29 is 14.3 Å². The second kappa shape index (κ2) is 9.91. The Morgan fingerprint density at radius 3 is 2.72 bits per heavy atom. The molecule has 0 radical (unpaired) electrons. The monoisotopic (exact) mass is 446 g/mol. The summed E-state index contributed by atoms with van der Waals surface area (Å²) < 4.78 is 5.20. The Morgan fingerprint density at radius 1 is 1.21 bits per heavy atom. The molecule has 0 fully saturated rings. The van der Waals surface area contributed by atoms with E-state index in [1.807, 2.05) is 31.4 Å². The van der Waals surface area contributed by atoms with E-state index in [9.17, 15) is 9.59 Å². The fourth-order valence-corrected chi connectivity index (χ4v) is 4.30. The highest BCUT2D eigenvalue weighted by Gasteiger charge is 2.15. The van der Waals surface area contributed by atoms with E-state index in [0.717, 1.165) is 21.2 Å². The van der Waals surface area contributed by atoms with Crippen molar-refractivity contribution in [3.63, 3.8) is 0 Å². The third kappa shape index (κ3) is 6.06. The van der Waals surface area contributed by atoms with Crippen LogP contribution in [0.15, 0.2) is 52.7 Å². The molecule has 3 aromatic rings. The lowest BCUT2D eigenvalue weighted by Gasteiger charge is -2.10. The molecule has 29 heavy (non-hydrogen) atoms. The molecule has 1 aromatic heterocycles. The molecule has 1 N–H and O–H groups in total. The lowest BCUT2D eigenvalue weighted by Crippen LogP contribution is -2.21. The number of nitrogens with one attached hydrogen (secondary N) is 1. The van der Waals surface area contributed by atoms with Crippen LogP contribution in [0.1, 0.15) is 26.6 Å². The van der Waals surface area contributed by atoms with Crippen LogP contribution >= 0.6 is 34.7 Å². The maximum Gasteiger partial charge on any atom is 0.339 e. The normalized spacial score (nSPS) is 10.6. The van der Waals surface area contributed by atoms with Crippen molar-refractivity contribution in [1.82, 2.24) is 4.98 Å². The predicted octanol–water partition coefficient (Wildman–Crippen LogP) is 5.50. The Hall–Kier alpha value is -2.35. The van der Waals surface area contributed by atoms with Crippen molar-refractivity contribution in [2.75, 3.05) is 11.9 Å². The lowest BCUT2D eigenvalue weighted by molar-refractivity contribution is -0.119. The molecule has 0 aliphatic heterocycles. The molecule has 0 atom stereocenters. The molecule has 1 heterocycles. The van der Waals surface area contributed by atoms with Crippen molar-refractivity contribution in [2.45, 2.75) is 24.5 Å². The van der Waals surface area contributed by atoms with Crippen LogP contribution in [0.3, 0.4) is 0 Å². The number of anilines is 1. The SMILES string of the molecule is Cc1nc(CSc2ccccc2C(=O)OCC(=O)Nc2ccc(C)c(Cl)c2)cs1. The van der Waals surface area contributed by atoms with Gasteiger partial charge in [-0.3, -0.25) is 4.79 Å². The highest BCUT2D eigenvalue weighted by atomic mass is 35.5. The summed E-state index contributed by atoms with van der Waals surface area (Å²) in [5.41, 5.74) is 2.86. The number of carbonyl (C=O) groups is 2. The average molecular weight is 447 g/mol. The molecule has 0 unspecified atom stereocenters. The molecule has 0 spiro atoms. The molecule has 2 aromatic carbocycles. The van der Waals surface area contributed by atoms with Gasteiger partial charge in [0.1, 0.15) is 0 Å². The predicted molar refractivity (Wildman–Crippen MR) is 118 cm³/mol. The number of hydrogen-bond donors (Lipinski definition) is 1. The molecule has 0 aliphatic rings. The number of aryl methyl sites for hydroxylation is 2. The largest absolute Gasteiger partial charge is 0.452 e. The van der Waals surface area contributed by atoms with Crippen LogP contribution in [0.2, 0.25) is 5.02 Å². The van der Waals surface area contributed by atoms with E-state index in [-0.39, 0.29) is 6.61 Å². The molecule has 5 nitrogen and oxygen atoms in total. The number of amides is 1. The van der Waals surface area contributed by atoms with Gasteiger partial charge in [-0.15, -0.1) is 23.1 Å². The van der Waals surface area contributed by atoms with E-state index in [0.29, 0.717) is 22.0 Å². The van der Waals surface area contributed by atoms with Crippen LogP contribution in [-0.4, -0.2) is 23.5 Å².